The second-order valence-corrected chi connectivity index (χ2v) is 6.22. The van der Waals surface area contributed by atoms with Crippen LogP contribution in [0.1, 0.15) is 18.5 Å². The molecule has 0 saturated carbocycles. The van der Waals surface area contributed by atoms with Gasteiger partial charge in [0.1, 0.15) is 17.6 Å². The average Bonchev–Trinajstić information content (AvgIpc) is 2.69. The second-order valence-electron chi connectivity index (χ2n) is 6.22. The summed E-state index contributed by atoms with van der Waals surface area (Å²) in [4.78, 5) is 28.9. The molecule has 0 aliphatic rings. The molecule has 0 bridgehead atoms. The van der Waals surface area contributed by atoms with Gasteiger partial charge in [0.2, 0.25) is 5.91 Å². The molecule has 0 aliphatic heterocycles. The van der Waals surface area contributed by atoms with E-state index in [1.54, 1.807) is 38.3 Å². The molecule has 3 aromatic rings. The van der Waals surface area contributed by atoms with Crippen molar-refractivity contribution in [3.8, 4) is 17.0 Å². The largest absolute Gasteiger partial charge is 0.497 e. The van der Waals surface area contributed by atoms with Gasteiger partial charge >= 0.3 is 5.69 Å². The number of anilines is 1. The summed E-state index contributed by atoms with van der Waals surface area (Å²) in [7, 11) is 1.57. The Hall–Kier alpha value is -3.55. The summed E-state index contributed by atoms with van der Waals surface area (Å²) in [5.74, 6) is -0.158. The van der Waals surface area contributed by atoms with Crippen molar-refractivity contribution in [1.82, 2.24) is 14.8 Å². The zero-order valence-electron chi connectivity index (χ0n) is 15.6. The van der Waals surface area contributed by atoms with E-state index in [0.29, 0.717) is 28.3 Å². The number of carbonyl (C=O) groups excluding carboxylic acids is 1. The minimum Gasteiger partial charge on any atom is -0.497 e. The van der Waals surface area contributed by atoms with Gasteiger partial charge in [-0.05, 0) is 61.9 Å². The van der Waals surface area contributed by atoms with Crippen LogP contribution in [0.15, 0.2) is 53.5 Å². The van der Waals surface area contributed by atoms with Crippen molar-refractivity contribution in [2.45, 2.75) is 19.9 Å². The molecule has 0 saturated heterocycles. The molecule has 1 aromatic heterocycles. The minimum absolute atomic E-state index is 0.389. The van der Waals surface area contributed by atoms with Gasteiger partial charge in [-0.15, -0.1) is 0 Å². The summed E-state index contributed by atoms with van der Waals surface area (Å²) < 4.78 is 19.3. The number of hydrogen-bond acceptors (Lipinski definition) is 5. The number of rotatable bonds is 5. The molecule has 8 heteroatoms. The fraction of sp³-hybridized carbons (Fsp3) is 0.200. The van der Waals surface area contributed by atoms with Gasteiger partial charge in [-0.25, -0.2) is 13.9 Å². The lowest BCUT2D eigenvalue weighted by Gasteiger charge is -2.15. The Bertz CT molecular complexity index is 1060. The number of halogens is 1. The monoisotopic (exact) mass is 382 g/mol. The maximum Gasteiger partial charge on any atom is 0.365 e. The summed E-state index contributed by atoms with van der Waals surface area (Å²) in [5, 5.41) is 6.76. The SMILES string of the molecule is COc1ccc(-c2cnn(C(C)C(=O)Nc3ccc(F)cc3C)c(=O)n2)cc1. The Morgan fingerprint density at radius 2 is 1.93 bits per heavy atom. The van der Waals surface area contributed by atoms with Crippen LogP contribution in [0.3, 0.4) is 0 Å². The number of methoxy groups -OCH3 is 1. The molecular weight excluding hydrogens is 363 g/mol. The number of aromatic nitrogens is 3. The molecule has 0 radical (unpaired) electrons. The van der Waals surface area contributed by atoms with Crippen molar-refractivity contribution in [1.29, 1.82) is 0 Å². The van der Waals surface area contributed by atoms with Crippen LogP contribution in [0.25, 0.3) is 11.3 Å². The molecule has 0 aliphatic carbocycles. The maximum atomic E-state index is 13.2. The normalized spacial score (nSPS) is 11.7. The predicted octanol–water partition coefficient (Wildman–Crippen LogP) is 2.96. The molecule has 1 N–H and O–H groups in total. The smallest absolute Gasteiger partial charge is 0.365 e. The van der Waals surface area contributed by atoms with E-state index in [2.05, 4.69) is 15.4 Å². The van der Waals surface area contributed by atoms with Crippen LogP contribution in [-0.4, -0.2) is 27.8 Å². The molecule has 1 amide bonds. The van der Waals surface area contributed by atoms with Gasteiger partial charge in [0, 0.05) is 11.3 Å². The first-order valence-corrected chi connectivity index (χ1v) is 8.56. The fourth-order valence-electron chi connectivity index (χ4n) is 2.63. The molecule has 0 fully saturated rings. The van der Waals surface area contributed by atoms with Crippen molar-refractivity contribution >= 4 is 11.6 Å². The summed E-state index contributed by atoms with van der Waals surface area (Å²) >= 11 is 0. The van der Waals surface area contributed by atoms with Gasteiger partial charge in [-0.2, -0.15) is 10.1 Å². The number of amides is 1. The van der Waals surface area contributed by atoms with Crippen LogP contribution in [-0.2, 0) is 4.79 Å². The third-order valence-corrected chi connectivity index (χ3v) is 4.29. The molecule has 1 unspecified atom stereocenters. The first-order valence-electron chi connectivity index (χ1n) is 8.56. The highest BCUT2D eigenvalue weighted by Gasteiger charge is 2.19. The van der Waals surface area contributed by atoms with Gasteiger partial charge in [-0.3, -0.25) is 4.79 Å². The molecule has 7 nitrogen and oxygen atoms in total. The summed E-state index contributed by atoms with van der Waals surface area (Å²) in [5.41, 5.74) is 1.50. The zero-order valence-corrected chi connectivity index (χ0v) is 15.6. The van der Waals surface area contributed by atoms with Crippen LogP contribution < -0.4 is 15.7 Å². The van der Waals surface area contributed by atoms with E-state index in [0.717, 1.165) is 4.68 Å². The lowest BCUT2D eigenvalue weighted by Crippen LogP contribution is -2.35. The first kappa shape index (κ1) is 19.2. The number of ether oxygens (including phenoxy) is 1. The Balaban J connectivity index is 1.80. The molecule has 3 rings (SSSR count). The Labute approximate surface area is 160 Å². The molecule has 1 heterocycles. The molecule has 0 spiro atoms. The highest BCUT2D eigenvalue weighted by atomic mass is 19.1. The Morgan fingerprint density at radius 1 is 1.21 bits per heavy atom. The van der Waals surface area contributed by atoms with Crippen molar-refractivity contribution in [3.05, 3.63) is 70.5 Å². The Kier molecular flexibility index (Phi) is 5.49. The number of hydrogen-bond donors (Lipinski definition) is 1. The van der Waals surface area contributed by atoms with Crippen LogP contribution in [0, 0.1) is 12.7 Å². The lowest BCUT2D eigenvalue weighted by molar-refractivity contribution is -0.119. The number of aryl methyl sites for hydroxylation is 1. The summed E-state index contributed by atoms with van der Waals surface area (Å²) in [6.45, 7) is 3.22. The standard InChI is InChI=1S/C20H19FN4O3/c1-12-10-15(21)6-9-17(12)23-19(26)13(2)25-20(27)24-18(11-22-25)14-4-7-16(28-3)8-5-14/h4-11,13H,1-3H3,(H,23,26). The predicted molar refractivity (Wildman–Crippen MR) is 103 cm³/mol. The van der Waals surface area contributed by atoms with Crippen molar-refractivity contribution in [2.75, 3.05) is 12.4 Å². The van der Waals surface area contributed by atoms with Gasteiger partial charge < -0.3 is 10.1 Å². The molecule has 2 aromatic carbocycles. The van der Waals surface area contributed by atoms with E-state index < -0.39 is 17.6 Å². The molecule has 144 valence electrons. The lowest BCUT2D eigenvalue weighted by atomic mass is 10.1. The molecule has 1 atom stereocenters. The van der Waals surface area contributed by atoms with E-state index in [1.807, 2.05) is 0 Å². The van der Waals surface area contributed by atoms with Crippen molar-refractivity contribution in [3.63, 3.8) is 0 Å². The van der Waals surface area contributed by atoms with Crippen LogP contribution in [0.2, 0.25) is 0 Å². The van der Waals surface area contributed by atoms with Gasteiger partial charge in [0.25, 0.3) is 0 Å². The van der Waals surface area contributed by atoms with Crippen molar-refractivity contribution < 1.29 is 13.9 Å². The molecular formula is C20H19FN4O3. The summed E-state index contributed by atoms with van der Waals surface area (Å²) in [6, 6.07) is 10.2. The summed E-state index contributed by atoms with van der Waals surface area (Å²) in [6.07, 6.45) is 1.43. The van der Waals surface area contributed by atoms with Gasteiger partial charge in [0.15, 0.2) is 0 Å². The van der Waals surface area contributed by atoms with Gasteiger partial charge in [0.05, 0.1) is 19.0 Å². The zero-order chi connectivity index (χ0) is 20.3. The average molecular weight is 382 g/mol. The number of nitrogens with zero attached hydrogens (tertiary/aromatic N) is 3. The quantitative estimate of drug-likeness (QED) is 0.733. The van der Waals surface area contributed by atoms with E-state index in [4.69, 9.17) is 4.74 Å². The van der Waals surface area contributed by atoms with E-state index in [1.165, 1.54) is 31.3 Å². The van der Waals surface area contributed by atoms with Crippen molar-refractivity contribution in [2.24, 2.45) is 0 Å². The Morgan fingerprint density at radius 3 is 2.54 bits per heavy atom. The van der Waals surface area contributed by atoms with E-state index in [9.17, 15) is 14.0 Å². The fourth-order valence-corrected chi connectivity index (χ4v) is 2.63. The van der Waals surface area contributed by atoms with Crippen LogP contribution in [0.5, 0.6) is 5.75 Å². The van der Waals surface area contributed by atoms with Crippen LogP contribution in [0.4, 0.5) is 10.1 Å². The van der Waals surface area contributed by atoms with E-state index >= 15 is 0 Å². The third kappa shape index (κ3) is 4.06. The molecule has 28 heavy (non-hydrogen) atoms. The van der Waals surface area contributed by atoms with Gasteiger partial charge in [-0.1, -0.05) is 0 Å². The number of nitrogens with one attached hydrogen (secondary N) is 1. The number of carbonyl (C=O) groups is 1. The topological polar surface area (TPSA) is 86.1 Å². The second kappa shape index (κ2) is 7.99. The first-order chi connectivity index (χ1) is 13.4. The van der Waals surface area contributed by atoms with E-state index in [-0.39, 0.29) is 5.82 Å². The van der Waals surface area contributed by atoms with Crippen LogP contribution >= 0.6 is 0 Å². The maximum absolute atomic E-state index is 13.2. The third-order valence-electron chi connectivity index (χ3n) is 4.29. The highest BCUT2D eigenvalue weighted by molar-refractivity contribution is 5.94. The highest BCUT2D eigenvalue weighted by Crippen LogP contribution is 2.20. The number of benzene rings is 2. The minimum atomic E-state index is -0.894.